The molecule has 1 saturated heterocycles. The van der Waals surface area contributed by atoms with Gasteiger partial charge in [0, 0.05) is 24.9 Å². The van der Waals surface area contributed by atoms with Crippen molar-refractivity contribution in [1.82, 2.24) is 25.5 Å². The monoisotopic (exact) mass is 389 g/mol. The van der Waals surface area contributed by atoms with E-state index in [0.29, 0.717) is 12.6 Å². The van der Waals surface area contributed by atoms with E-state index in [1.165, 1.54) is 0 Å². The number of H-pyrrole nitrogens is 2. The van der Waals surface area contributed by atoms with Gasteiger partial charge in [0.15, 0.2) is 0 Å². The maximum Gasteiger partial charge on any atom is 0.129 e. The van der Waals surface area contributed by atoms with E-state index >= 15 is 0 Å². The number of rotatable bonds is 6. The number of aromatic amines is 2. The lowest BCUT2D eigenvalue weighted by Gasteiger charge is -2.22. The molecule has 0 aliphatic carbocycles. The quantitative estimate of drug-likeness (QED) is 0.464. The van der Waals surface area contributed by atoms with Gasteiger partial charge in [0.2, 0.25) is 0 Å². The summed E-state index contributed by atoms with van der Waals surface area (Å²) in [5.41, 5.74) is 3.95. The van der Waals surface area contributed by atoms with Crippen LogP contribution in [-0.4, -0.2) is 39.4 Å². The van der Waals surface area contributed by atoms with Crippen LogP contribution in [-0.2, 0) is 11.3 Å². The van der Waals surface area contributed by atoms with Crippen LogP contribution in [0.1, 0.15) is 18.7 Å². The van der Waals surface area contributed by atoms with E-state index in [2.05, 4.69) is 20.5 Å². The zero-order valence-corrected chi connectivity index (χ0v) is 16.0. The number of aromatic nitrogens is 4. The van der Waals surface area contributed by atoms with E-state index in [0.717, 1.165) is 65.7 Å². The summed E-state index contributed by atoms with van der Waals surface area (Å²) in [7, 11) is 0. The van der Waals surface area contributed by atoms with Gasteiger partial charge in [0.1, 0.15) is 17.3 Å². The van der Waals surface area contributed by atoms with E-state index in [-0.39, 0.29) is 0 Å². The Labute approximate surface area is 168 Å². The van der Waals surface area contributed by atoms with Gasteiger partial charge in [-0.05, 0) is 60.9 Å². The largest absolute Gasteiger partial charge is 0.457 e. The van der Waals surface area contributed by atoms with Crippen LogP contribution in [0.4, 0.5) is 0 Å². The van der Waals surface area contributed by atoms with Gasteiger partial charge < -0.3 is 19.8 Å². The van der Waals surface area contributed by atoms with Gasteiger partial charge in [-0.1, -0.05) is 0 Å². The normalized spacial score (nSPS) is 16.9. The molecule has 5 rings (SSSR count). The molecule has 3 N–H and O–H groups in total. The van der Waals surface area contributed by atoms with Crippen molar-refractivity contribution in [3.05, 3.63) is 60.6 Å². The highest BCUT2D eigenvalue weighted by molar-refractivity contribution is 5.77. The Hall–Kier alpha value is -3.16. The second-order valence-electron chi connectivity index (χ2n) is 7.25. The molecule has 0 spiro atoms. The first-order valence-corrected chi connectivity index (χ1v) is 9.91. The average Bonchev–Trinajstić information content (AvgIpc) is 3.43. The fraction of sp³-hybridized carbons (Fsp3) is 0.273. The predicted molar refractivity (Wildman–Crippen MR) is 111 cm³/mol. The van der Waals surface area contributed by atoms with Gasteiger partial charge in [-0.25, -0.2) is 4.98 Å². The molecule has 1 unspecified atom stereocenters. The molecule has 0 bridgehead atoms. The summed E-state index contributed by atoms with van der Waals surface area (Å²) in [5, 5.41) is 10.5. The second-order valence-corrected chi connectivity index (χ2v) is 7.25. The third-order valence-electron chi connectivity index (χ3n) is 5.12. The minimum absolute atomic E-state index is 0.403. The van der Waals surface area contributed by atoms with Crippen LogP contribution in [0.3, 0.4) is 0 Å². The van der Waals surface area contributed by atoms with Gasteiger partial charge in [0.25, 0.3) is 0 Å². The summed E-state index contributed by atoms with van der Waals surface area (Å²) in [5.74, 6) is 2.47. The smallest absolute Gasteiger partial charge is 0.129 e. The maximum absolute atomic E-state index is 6.01. The minimum Gasteiger partial charge on any atom is -0.457 e. The van der Waals surface area contributed by atoms with Gasteiger partial charge in [-0.15, -0.1) is 0 Å². The van der Waals surface area contributed by atoms with E-state index < -0.39 is 0 Å². The van der Waals surface area contributed by atoms with Crippen LogP contribution in [0, 0.1) is 0 Å². The van der Waals surface area contributed by atoms with Crippen LogP contribution in [0.5, 0.6) is 11.5 Å². The molecule has 29 heavy (non-hydrogen) atoms. The number of ether oxygens (including phenoxy) is 2. The molecule has 1 atom stereocenters. The van der Waals surface area contributed by atoms with Crippen molar-refractivity contribution < 1.29 is 9.47 Å². The van der Waals surface area contributed by atoms with Crippen molar-refractivity contribution in [2.24, 2.45) is 0 Å². The van der Waals surface area contributed by atoms with Crippen LogP contribution >= 0.6 is 0 Å². The SMILES string of the molecule is c1cc(-c2ccc(Oc3ccc4[nH]c(CNC5CCCOC5)nc4c3)cc2)[nH]n1. The lowest BCUT2D eigenvalue weighted by atomic mass is 10.1. The highest BCUT2D eigenvalue weighted by atomic mass is 16.5. The van der Waals surface area contributed by atoms with Crippen molar-refractivity contribution in [2.45, 2.75) is 25.4 Å². The molecule has 7 heteroatoms. The third kappa shape index (κ3) is 4.16. The van der Waals surface area contributed by atoms with E-state index in [4.69, 9.17) is 14.5 Å². The van der Waals surface area contributed by atoms with Gasteiger partial charge >= 0.3 is 0 Å². The topological polar surface area (TPSA) is 87.9 Å². The maximum atomic E-state index is 6.01. The number of imidazole rings is 1. The molecule has 2 aromatic carbocycles. The summed E-state index contributed by atoms with van der Waals surface area (Å²) >= 11 is 0. The fourth-order valence-corrected chi connectivity index (χ4v) is 3.58. The molecule has 0 saturated carbocycles. The number of hydrogen-bond acceptors (Lipinski definition) is 5. The first-order valence-electron chi connectivity index (χ1n) is 9.91. The Balaban J connectivity index is 1.26. The van der Waals surface area contributed by atoms with E-state index in [1.54, 1.807) is 6.20 Å². The van der Waals surface area contributed by atoms with Gasteiger partial charge in [-0.2, -0.15) is 5.10 Å². The molecule has 3 heterocycles. The fourth-order valence-electron chi connectivity index (χ4n) is 3.58. The van der Waals surface area contributed by atoms with Crippen molar-refractivity contribution >= 4 is 11.0 Å². The molecule has 148 valence electrons. The highest BCUT2D eigenvalue weighted by Gasteiger charge is 2.14. The lowest BCUT2D eigenvalue weighted by molar-refractivity contribution is 0.0697. The summed E-state index contributed by atoms with van der Waals surface area (Å²) in [6.45, 7) is 2.35. The molecule has 7 nitrogen and oxygen atoms in total. The Morgan fingerprint density at radius 3 is 2.79 bits per heavy atom. The number of hydrogen-bond donors (Lipinski definition) is 3. The molecule has 2 aromatic heterocycles. The molecular weight excluding hydrogens is 366 g/mol. The summed E-state index contributed by atoms with van der Waals surface area (Å²) in [4.78, 5) is 8.07. The lowest BCUT2D eigenvalue weighted by Crippen LogP contribution is -2.36. The summed E-state index contributed by atoms with van der Waals surface area (Å²) in [6, 6.07) is 16.2. The number of fused-ring (bicyclic) bond motifs is 1. The Morgan fingerprint density at radius 1 is 1.10 bits per heavy atom. The Kier molecular flexibility index (Phi) is 4.98. The summed E-state index contributed by atoms with van der Waals surface area (Å²) in [6.07, 6.45) is 4.00. The van der Waals surface area contributed by atoms with Gasteiger partial charge in [0.05, 0.1) is 29.9 Å². The second kappa shape index (κ2) is 8.06. The number of nitrogens with zero attached hydrogens (tertiary/aromatic N) is 2. The molecular formula is C22H23N5O2. The third-order valence-corrected chi connectivity index (χ3v) is 5.12. The van der Waals surface area contributed by atoms with E-state index in [9.17, 15) is 0 Å². The van der Waals surface area contributed by atoms with Crippen molar-refractivity contribution in [2.75, 3.05) is 13.2 Å². The van der Waals surface area contributed by atoms with Crippen LogP contribution in [0.25, 0.3) is 22.3 Å². The number of benzene rings is 2. The molecule has 0 radical (unpaired) electrons. The van der Waals surface area contributed by atoms with Gasteiger partial charge in [-0.3, -0.25) is 5.10 Å². The van der Waals surface area contributed by atoms with Crippen molar-refractivity contribution in [3.63, 3.8) is 0 Å². The Bertz CT molecular complexity index is 1070. The van der Waals surface area contributed by atoms with Crippen LogP contribution < -0.4 is 10.1 Å². The predicted octanol–water partition coefficient (Wildman–Crippen LogP) is 4.01. The Morgan fingerprint density at radius 2 is 2.00 bits per heavy atom. The first kappa shape index (κ1) is 17.9. The minimum atomic E-state index is 0.403. The summed E-state index contributed by atoms with van der Waals surface area (Å²) < 4.78 is 11.5. The number of nitrogens with one attached hydrogen (secondary N) is 3. The zero-order valence-electron chi connectivity index (χ0n) is 16.0. The molecule has 1 aliphatic heterocycles. The molecule has 0 amide bonds. The molecule has 1 fully saturated rings. The molecule has 4 aromatic rings. The van der Waals surface area contributed by atoms with Crippen molar-refractivity contribution in [1.29, 1.82) is 0 Å². The van der Waals surface area contributed by atoms with Crippen LogP contribution in [0.15, 0.2) is 54.7 Å². The molecule has 1 aliphatic rings. The zero-order chi connectivity index (χ0) is 19.5. The highest BCUT2D eigenvalue weighted by Crippen LogP contribution is 2.27. The van der Waals surface area contributed by atoms with E-state index in [1.807, 2.05) is 48.5 Å². The van der Waals surface area contributed by atoms with Crippen LogP contribution in [0.2, 0.25) is 0 Å². The standard InChI is InChI=1S/C22H23N5O2/c1-2-16(14-28-11-1)23-13-22-25-20-8-7-18(12-21(20)26-22)29-17-5-3-15(4-6-17)19-9-10-24-27-19/h3-10,12,16,23H,1-2,11,13-14H2,(H,24,27)(H,25,26). The average molecular weight is 389 g/mol. The first-order chi connectivity index (χ1) is 14.3. The van der Waals surface area contributed by atoms with Crippen molar-refractivity contribution in [3.8, 4) is 22.8 Å².